The van der Waals surface area contributed by atoms with Crippen LogP contribution >= 0.6 is 0 Å². The van der Waals surface area contributed by atoms with Crippen LogP contribution in [0.3, 0.4) is 0 Å². The van der Waals surface area contributed by atoms with Crippen LogP contribution < -0.4 is 10.2 Å². The number of esters is 1. The minimum Gasteiger partial charge on any atom is -0.452 e. The summed E-state index contributed by atoms with van der Waals surface area (Å²) in [6, 6.07) is 41.7. The van der Waals surface area contributed by atoms with E-state index >= 15 is 4.79 Å². The van der Waals surface area contributed by atoms with Crippen molar-refractivity contribution in [1.29, 1.82) is 0 Å². The smallest absolute Gasteiger partial charge is 0.314 e. The van der Waals surface area contributed by atoms with Crippen LogP contribution in [-0.4, -0.2) is 29.7 Å². The van der Waals surface area contributed by atoms with Crippen LogP contribution in [0.15, 0.2) is 146 Å². The second kappa shape index (κ2) is 11.0. The summed E-state index contributed by atoms with van der Waals surface area (Å²) in [7, 11) is 0. The number of benzene rings is 5. The summed E-state index contributed by atoms with van der Waals surface area (Å²) in [6.45, 7) is 0. The van der Waals surface area contributed by atoms with Gasteiger partial charge in [0.1, 0.15) is 17.4 Å². The van der Waals surface area contributed by atoms with Gasteiger partial charge in [0.15, 0.2) is 11.9 Å². The van der Waals surface area contributed by atoms with Gasteiger partial charge in [-0.05, 0) is 34.4 Å². The van der Waals surface area contributed by atoms with E-state index < -0.39 is 35.5 Å². The summed E-state index contributed by atoms with van der Waals surface area (Å²) in [5, 5.41) is 3.07. The number of fused-ring (bicyclic) bond motifs is 6. The lowest BCUT2D eigenvalue weighted by molar-refractivity contribution is -0.156. The Hall–Kier alpha value is -5.75. The van der Waals surface area contributed by atoms with Gasteiger partial charge in [-0.3, -0.25) is 14.4 Å². The summed E-state index contributed by atoms with van der Waals surface area (Å²) >= 11 is 0. The fourth-order valence-electron chi connectivity index (χ4n) is 7.63. The van der Waals surface area contributed by atoms with E-state index in [4.69, 9.17) is 4.74 Å². The Morgan fingerprint density at radius 2 is 1.30 bits per heavy atom. The number of amides is 1. The van der Waals surface area contributed by atoms with E-state index in [1.807, 2.05) is 144 Å². The Bertz CT molecular complexity index is 1950. The number of hydrogen-bond acceptors (Lipinski definition) is 5. The average Bonchev–Trinajstić information content (AvgIpc) is 3.60. The Morgan fingerprint density at radius 3 is 2.00 bits per heavy atom. The molecule has 1 N–H and O–H groups in total. The van der Waals surface area contributed by atoms with Crippen LogP contribution in [0, 0.1) is 5.92 Å². The number of rotatable bonds is 6. The van der Waals surface area contributed by atoms with E-state index in [0.29, 0.717) is 16.8 Å². The molecule has 3 heterocycles. The first-order chi connectivity index (χ1) is 22.6. The second-order valence-corrected chi connectivity index (χ2v) is 11.9. The standard InChI is InChI=1S/C40H30N2O4/c43-36(27-15-4-1-5-16-27)35-34(38(44)46-37(28-17-6-2-7-18-28)29-19-8-3-9-20-29)40(30-21-11-12-22-31(30)41-39(40)45)33-25-24-26-14-10-13-23-32(26)42(33)35/h1-25,33-35,37H,(H,41,45)/t33-,34-,35+,40+/m1/s1. The molecule has 4 atom stereocenters. The summed E-state index contributed by atoms with van der Waals surface area (Å²) in [6.07, 6.45) is 3.20. The van der Waals surface area contributed by atoms with Crippen molar-refractivity contribution in [2.45, 2.75) is 23.6 Å². The highest BCUT2D eigenvalue weighted by Gasteiger charge is 2.71. The largest absolute Gasteiger partial charge is 0.452 e. The van der Waals surface area contributed by atoms with Gasteiger partial charge in [0.2, 0.25) is 5.91 Å². The molecular formula is C40H30N2O4. The molecule has 46 heavy (non-hydrogen) atoms. The maximum atomic E-state index is 15.1. The molecule has 5 aromatic rings. The Labute approximate surface area is 267 Å². The number of ketones is 1. The van der Waals surface area contributed by atoms with Gasteiger partial charge in [-0.1, -0.05) is 140 Å². The van der Waals surface area contributed by atoms with Crippen LogP contribution in [0.1, 0.15) is 38.7 Å². The zero-order valence-electron chi connectivity index (χ0n) is 24.8. The van der Waals surface area contributed by atoms with Gasteiger partial charge in [-0.15, -0.1) is 0 Å². The molecule has 5 aromatic carbocycles. The molecule has 0 bridgehead atoms. The molecule has 1 amide bonds. The van der Waals surface area contributed by atoms with Gasteiger partial charge in [0.05, 0.1) is 6.04 Å². The third-order valence-electron chi connectivity index (χ3n) is 9.56. The first-order valence-corrected chi connectivity index (χ1v) is 15.4. The summed E-state index contributed by atoms with van der Waals surface area (Å²) in [4.78, 5) is 46.5. The summed E-state index contributed by atoms with van der Waals surface area (Å²) < 4.78 is 6.55. The minimum atomic E-state index is -1.44. The molecule has 1 spiro atoms. The van der Waals surface area contributed by atoms with E-state index in [0.717, 1.165) is 22.4 Å². The number of hydrogen-bond donors (Lipinski definition) is 1. The summed E-state index contributed by atoms with van der Waals surface area (Å²) in [5.74, 6) is -2.37. The van der Waals surface area contributed by atoms with Gasteiger partial charge < -0.3 is 15.0 Å². The highest BCUT2D eigenvalue weighted by Crippen LogP contribution is 2.58. The van der Waals surface area contributed by atoms with Gasteiger partial charge in [-0.25, -0.2) is 0 Å². The minimum absolute atomic E-state index is 0.248. The Morgan fingerprint density at radius 1 is 0.717 bits per heavy atom. The van der Waals surface area contributed by atoms with E-state index in [1.165, 1.54) is 0 Å². The number of para-hydroxylation sites is 2. The predicted octanol–water partition coefficient (Wildman–Crippen LogP) is 6.99. The van der Waals surface area contributed by atoms with Crippen LogP contribution in [0.5, 0.6) is 0 Å². The zero-order chi connectivity index (χ0) is 31.3. The first kappa shape index (κ1) is 27.8. The number of anilines is 2. The fraction of sp³-hybridized carbons (Fsp3) is 0.125. The highest BCUT2D eigenvalue weighted by molar-refractivity contribution is 6.15. The molecule has 8 rings (SSSR count). The molecule has 0 saturated carbocycles. The van der Waals surface area contributed by atoms with Crippen molar-refractivity contribution in [1.82, 2.24) is 0 Å². The zero-order valence-corrected chi connectivity index (χ0v) is 24.8. The maximum Gasteiger partial charge on any atom is 0.314 e. The highest BCUT2D eigenvalue weighted by atomic mass is 16.5. The number of ether oxygens (including phenoxy) is 1. The van der Waals surface area contributed by atoms with Crippen LogP contribution in [0.4, 0.5) is 11.4 Å². The molecule has 6 nitrogen and oxygen atoms in total. The lowest BCUT2D eigenvalue weighted by Gasteiger charge is -2.37. The van der Waals surface area contributed by atoms with Gasteiger partial charge in [0.25, 0.3) is 0 Å². The van der Waals surface area contributed by atoms with E-state index in [2.05, 4.69) is 5.32 Å². The Balaban J connectivity index is 1.36. The molecule has 0 radical (unpaired) electrons. The SMILES string of the molecule is O=C(c1ccccc1)[C@@H]1[C@H](C(=O)OC(c2ccccc2)c2ccccc2)[C@@]2(C(=O)Nc3ccccc32)[C@H]2C=Cc3ccccc3N12. The molecule has 1 saturated heterocycles. The molecule has 0 aliphatic carbocycles. The molecule has 1 fully saturated rings. The van der Waals surface area contributed by atoms with Crippen LogP contribution in [0.25, 0.3) is 6.08 Å². The third-order valence-corrected chi connectivity index (χ3v) is 9.56. The topological polar surface area (TPSA) is 75.7 Å². The monoisotopic (exact) mass is 602 g/mol. The van der Waals surface area contributed by atoms with E-state index in [1.54, 1.807) is 12.1 Å². The quantitative estimate of drug-likeness (QED) is 0.168. The number of nitrogens with one attached hydrogen (secondary N) is 1. The van der Waals surface area contributed by atoms with Gasteiger partial charge in [-0.2, -0.15) is 0 Å². The lowest BCUT2D eigenvalue weighted by Crippen LogP contribution is -2.51. The normalized spacial score (nSPS) is 22.2. The molecule has 0 unspecified atom stereocenters. The van der Waals surface area contributed by atoms with E-state index in [-0.39, 0.29) is 11.7 Å². The average molecular weight is 603 g/mol. The van der Waals surface area contributed by atoms with Crippen LogP contribution in [0.2, 0.25) is 0 Å². The summed E-state index contributed by atoms with van der Waals surface area (Å²) in [5.41, 5.74) is 3.62. The van der Waals surface area contributed by atoms with Crippen molar-refractivity contribution in [3.05, 3.63) is 173 Å². The molecule has 0 aromatic heterocycles. The number of carbonyl (C=O) groups is 3. The molecule has 6 heteroatoms. The number of nitrogens with zero attached hydrogens (tertiary/aromatic N) is 1. The lowest BCUT2D eigenvalue weighted by atomic mass is 9.66. The maximum absolute atomic E-state index is 15.1. The van der Waals surface area contributed by atoms with Crippen molar-refractivity contribution < 1.29 is 19.1 Å². The number of Topliss-reactive ketones (excluding diaryl/α,β-unsaturated/α-hetero) is 1. The van der Waals surface area contributed by atoms with Gasteiger partial charge >= 0.3 is 5.97 Å². The second-order valence-electron chi connectivity index (χ2n) is 11.9. The van der Waals surface area contributed by atoms with Crippen molar-refractivity contribution in [2.24, 2.45) is 5.92 Å². The molecule has 224 valence electrons. The van der Waals surface area contributed by atoms with Gasteiger partial charge in [0, 0.05) is 16.9 Å². The van der Waals surface area contributed by atoms with Crippen molar-refractivity contribution in [3.63, 3.8) is 0 Å². The third kappa shape index (κ3) is 4.14. The predicted molar refractivity (Wildman–Crippen MR) is 177 cm³/mol. The van der Waals surface area contributed by atoms with Crippen molar-refractivity contribution in [3.8, 4) is 0 Å². The van der Waals surface area contributed by atoms with E-state index in [9.17, 15) is 9.59 Å². The fourth-order valence-corrected chi connectivity index (χ4v) is 7.63. The van der Waals surface area contributed by atoms with Crippen LogP contribution in [-0.2, 0) is 19.7 Å². The molecule has 3 aliphatic rings. The number of carbonyl (C=O) groups excluding carboxylic acids is 3. The Kier molecular flexibility index (Phi) is 6.64. The first-order valence-electron chi connectivity index (χ1n) is 15.4. The molecule has 3 aliphatic heterocycles. The molecular weight excluding hydrogens is 572 g/mol. The van der Waals surface area contributed by atoms with Crippen molar-refractivity contribution in [2.75, 3.05) is 10.2 Å². The van der Waals surface area contributed by atoms with Crippen molar-refractivity contribution >= 4 is 35.1 Å².